The molecule has 1 aromatic carbocycles. The molecule has 0 bridgehead atoms. The van der Waals surface area contributed by atoms with E-state index in [1.54, 1.807) is 24.9 Å². The van der Waals surface area contributed by atoms with E-state index in [0.29, 0.717) is 21.4 Å². The van der Waals surface area contributed by atoms with Gasteiger partial charge in [-0.2, -0.15) is 0 Å². The first-order valence-electron chi connectivity index (χ1n) is 8.49. The van der Waals surface area contributed by atoms with Crippen LogP contribution in [0.4, 0.5) is 0 Å². The van der Waals surface area contributed by atoms with E-state index in [9.17, 15) is 0 Å². The Bertz CT molecular complexity index is 1080. The van der Waals surface area contributed by atoms with Crippen molar-refractivity contribution in [3.05, 3.63) is 76.7 Å². The number of pyridine rings is 2. The Balaban J connectivity index is 1.79. The Morgan fingerprint density at radius 2 is 1.93 bits per heavy atom. The van der Waals surface area contributed by atoms with Crippen LogP contribution >= 0.6 is 23.2 Å². The number of aromatic nitrogens is 4. The minimum Gasteiger partial charge on any atom is -0.487 e. The molecular weight excluding hydrogens is 383 g/mol. The molecule has 136 valence electrons. The van der Waals surface area contributed by atoms with E-state index in [4.69, 9.17) is 32.9 Å². The van der Waals surface area contributed by atoms with Gasteiger partial charge in [0, 0.05) is 41.4 Å². The molecule has 0 aliphatic carbocycles. The van der Waals surface area contributed by atoms with Gasteiger partial charge in [-0.05, 0) is 18.6 Å². The number of benzene rings is 1. The number of hydrogen-bond acceptors (Lipinski definition) is 4. The third-order valence-corrected chi connectivity index (χ3v) is 4.95. The van der Waals surface area contributed by atoms with E-state index < -0.39 is 0 Å². The second kappa shape index (κ2) is 7.55. The summed E-state index contributed by atoms with van der Waals surface area (Å²) in [7, 11) is 0. The number of nitrogens with zero attached hydrogens (tertiary/aromatic N) is 4. The molecule has 0 aliphatic rings. The van der Waals surface area contributed by atoms with Gasteiger partial charge in [-0.25, -0.2) is 9.97 Å². The van der Waals surface area contributed by atoms with Crippen LogP contribution in [0.1, 0.15) is 18.2 Å². The van der Waals surface area contributed by atoms with E-state index in [-0.39, 0.29) is 6.61 Å². The van der Waals surface area contributed by atoms with Crippen molar-refractivity contribution in [1.29, 1.82) is 0 Å². The first-order valence-corrected chi connectivity index (χ1v) is 9.24. The van der Waals surface area contributed by atoms with Gasteiger partial charge in [0.15, 0.2) is 0 Å². The molecule has 0 aliphatic heterocycles. The predicted octanol–water partition coefficient (Wildman–Crippen LogP) is 5.26. The molecule has 0 atom stereocenters. The first kappa shape index (κ1) is 17.8. The standard InChI is InChI=1S/C20H16Cl2N4O/c1-2-13-8-18(26-7-6-23-12-26)14-4-3-5-19(20(14)25-13)27-11-15-16(21)9-24-10-17(15)22/h3-10,12H,2,11H2,1H3. The van der Waals surface area contributed by atoms with Gasteiger partial charge >= 0.3 is 0 Å². The summed E-state index contributed by atoms with van der Waals surface area (Å²) >= 11 is 12.4. The Labute approximate surface area is 166 Å². The summed E-state index contributed by atoms with van der Waals surface area (Å²) in [4.78, 5) is 12.9. The summed E-state index contributed by atoms with van der Waals surface area (Å²) in [5.74, 6) is 0.674. The summed E-state index contributed by atoms with van der Waals surface area (Å²) in [6.07, 6.45) is 9.37. The molecule has 0 saturated carbocycles. The third-order valence-electron chi connectivity index (χ3n) is 4.30. The molecular formula is C20H16Cl2N4O. The Morgan fingerprint density at radius 3 is 2.63 bits per heavy atom. The SMILES string of the molecule is CCc1cc(-n2ccnc2)c2cccc(OCc3c(Cl)cncc3Cl)c2n1. The molecule has 0 amide bonds. The number of para-hydroxylation sites is 1. The lowest BCUT2D eigenvalue weighted by molar-refractivity contribution is 0.309. The van der Waals surface area contributed by atoms with E-state index in [1.165, 1.54) is 0 Å². The van der Waals surface area contributed by atoms with Crippen molar-refractivity contribution in [3.63, 3.8) is 0 Å². The van der Waals surface area contributed by atoms with Crippen molar-refractivity contribution in [2.24, 2.45) is 0 Å². The van der Waals surface area contributed by atoms with E-state index in [0.717, 1.165) is 28.7 Å². The fraction of sp³-hybridized carbons (Fsp3) is 0.150. The van der Waals surface area contributed by atoms with E-state index >= 15 is 0 Å². The zero-order valence-corrected chi connectivity index (χ0v) is 16.1. The van der Waals surface area contributed by atoms with Gasteiger partial charge in [-0.3, -0.25) is 4.98 Å². The average Bonchev–Trinajstić information content (AvgIpc) is 3.21. The number of fused-ring (bicyclic) bond motifs is 1. The highest BCUT2D eigenvalue weighted by Gasteiger charge is 2.13. The topological polar surface area (TPSA) is 52.8 Å². The van der Waals surface area contributed by atoms with Crippen LogP contribution in [-0.4, -0.2) is 19.5 Å². The molecule has 0 spiro atoms. The molecule has 0 N–H and O–H groups in total. The van der Waals surface area contributed by atoms with Crippen LogP contribution in [0.2, 0.25) is 10.0 Å². The van der Waals surface area contributed by atoms with Crippen molar-refractivity contribution in [2.45, 2.75) is 20.0 Å². The molecule has 0 unspecified atom stereocenters. The Morgan fingerprint density at radius 1 is 1.11 bits per heavy atom. The van der Waals surface area contributed by atoms with Gasteiger partial charge in [0.1, 0.15) is 17.9 Å². The van der Waals surface area contributed by atoms with Gasteiger partial charge < -0.3 is 9.30 Å². The summed E-state index contributed by atoms with van der Waals surface area (Å²) in [5, 5.41) is 1.93. The minimum atomic E-state index is 0.234. The largest absolute Gasteiger partial charge is 0.487 e. The lowest BCUT2D eigenvalue weighted by Gasteiger charge is -2.14. The maximum absolute atomic E-state index is 6.20. The third kappa shape index (κ3) is 3.48. The number of aryl methyl sites for hydroxylation is 1. The lowest BCUT2D eigenvalue weighted by atomic mass is 10.1. The molecule has 5 nitrogen and oxygen atoms in total. The van der Waals surface area contributed by atoms with E-state index in [2.05, 4.69) is 23.0 Å². The molecule has 4 rings (SSSR count). The van der Waals surface area contributed by atoms with Gasteiger partial charge in [0.25, 0.3) is 0 Å². The van der Waals surface area contributed by atoms with Crippen LogP contribution < -0.4 is 4.74 Å². The summed E-state index contributed by atoms with van der Waals surface area (Å²) in [6.45, 7) is 2.31. The van der Waals surface area contributed by atoms with Crippen LogP contribution in [0.5, 0.6) is 5.75 Å². The molecule has 0 radical (unpaired) electrons. The van der Waals surface area contributed by atoms with Crippen LogP contribution in [0.3, 0.4) is 0 Å². The van der Waals surface area contributed by atoms with Crippen molar-refractivity contribution < 1.29 is 4.74 Å². The normalized spacial score (nSPS) is 11.1. The second-order valence-electron chi connectivity index (χ2n) is 5.98. The van der Waals surface area contributed by atoms with Gasteiger partial charge in [0.2, 0.25) is 0 Å². The zero-order valence-electron chi connectivity index (χ0n) is 14.6. The monoisotopic (exact) mass is 398 g/mol. The fourth-order valence-corrected chi connectivity index (χ4v) is 3.37. The molecule has 27 heavy (non-hydrogen) atoms. The zero-order chi connectivity index (χ0) is 18.8. The van der Waals surface area contributed by atoms with Crippen LogP contribution in [-0.2, 0) is 13.0 Å². The van der Waals surface area contributed by atoms with Crippen molar-refractivity contribution in [2.75, 3.05) is 0 Å². The average molecular weight is 399 g/mol. The lowest BCUT2D eigenvalue weighted by Crippen LogP contribution is -2.02. The quantitative estimate of drug-likeness (QED) is 0.459. The molecule has 7 heteroatoms. The highest BCUT2D eigenvalue weighted by atomic mass is 35.5. The first-order chi connectivity index (χ1) is 13.2. The minimum absolute atomic E-state index is 0.234. The van der Waals surface area contributed by atoms with Crippen molar-refractivity contribution in [3.8, 4) is 11.4 Å². The molecule has 0 saturated heterocycles. The summed E-state index contributed by atoms with van der Waals surface area (Å²) in [6, 6.07) is 7.94. The smallest absolute Gasteiger partial charge is 0.146 e. The number of rotatable bonds is 5. The van der Waals surface area contributed by atoms with Crippen molar-refractivity contribution in [1.82, 2.24) is 19.5 Å². The number of hydrogen-bond donors (Lipinski definition) is 0. The van der Waals surface area contributed by atoms with Crippen LogP contribution in [0.15, 0.2) is 55.4 Å². The highest BCUT2D eigenvalue weighted by Crippen LogP contribution is 2.31. The van der Waals surface area contributed by atoms with Crippen LogP contribution in [0.25, 0.3) is 16.6 Å². The van der Waals surface area contributed by atoms with Gasteiger partial charge in [0.05, 0.1) is 22.1 Å². The number of imidazole rings is 1. The molecule has 4 aromatic rings. The predicted molar refractivity (Wildman–Crippen MR) is 107 cm³/mol. The summed E-state index contributed by atoms with van der Waals surface area (Å²) < 4.78 is 8.03. The summed E-state index contributed by atoms with van der Waals surface area (Å²) in [5.41, 5.74) is 3.48. The van der Waals surface area contributed by atoms with E-state index in [1.807, 2.05) is 29.0 Å². The molecule has 3 heterocycles. The Hall–Kier alpha value is -2.63. The maximum Gasteiger partial charge on any atom is 0.146 e. The Kier molecular flexibility index (Phi) is 4.97. The highest BCUT2D eigenvalue weighted by molar-refractivity contribution is 6.35. The van der Waals surface area contributed by atoms with Gasteiger partial charge in [-0.15, -0.1) is 0 Å². The maximum atomic E-state index is 6.20. The van der Waals surface area contributed by atoms with Gasteiger partial charge in [-0.1, -0.05) is 42.3 Å². The molecule has 0 fully saturated rings. The molecule has 3 aromatic heterocycles. The van der Waals surface area contributed by atoms with Crippen LogP contribution in [0, 0.1) is 0 Å². The number of ether oxygens (including phenoxy) is 1. The fourth-order valence-electron chi connectivity index (χ4n) is 2.89. The second-order valence-corrected chi connectivity index (χ2v) is 6.79. The number of halogens is 2. The van der Waals surface area contributed by atoms with Crippen molar-refractivity contribution >= 4 is 34.1 Å².